The van der Waals surface area contributed by atoms with Crippen molar-refractivity contribution in [2.75, 3.05) is 5.32 Å². The molecule has 0 atom stereocenters. The first-order valence-corrected chi connectivity index (χ1v) is 6.85. The van der Waals surface area contributed by atoms with Crippen molar-refractivity contribution in [2.45, 2.75) is 47.2 Å². The third kappa shape index (κ3) is 2.76. The number of nitrogens with zero attached hydrogens (tertiary/aromatic N) is 3. The number of hydrogen-bond acceptors (Lipinski definition) is 4. The van der Waals surface area contributed by atoms with Crippen molar-refractivity contribution < 1.29 is 5.11 Å². The summed E-state index contributed by atoms with van der Waals surface area (Å²) in [6, 6.07) is 3.80. The van der Waals surface area contributed by atoms with Crippen molar-refractivity contribution in [3.8, 4) is 5.75 Å². The first kappa shape index (κ1) is 14.4. The van der Waals surface area contributed by atoms with E-state index < -0.39 is 0 Å². The summed E-state index contributed by atoms with van der Waals surface area (Å²) in [7, 11) is 0. The molecule has 0 saturated heterocycles. The van der Waals surface area contributed by atoms with Gasteiger partial charge in [0.2, 0.25) is 0 Å². The number of nitrogens with one attached hydrogen (secondary N) is 1. The van der Waals surface area contributed by atoms with E-state index in [0.29, 0.717) is 18.3 Å². The fourth-order valence-corrected chi connectivity index (χ4v) is 2.33. The molecule has 0 aliphatic rings. The van der Waals surface area contributed by atoms with Gasteiger partial charge in [-0.15, -0.1) is 0 Å². The largest absolute Gasteiger partial charge is 0.506 e. The van der Waals surface area contributed by atoms with E-state index in [9.17, 15) is 5.11 Å². The Hall–Kier alpha value is -2.04. The van der Waals surface area contributed by atoms with Crippen LogP contribution in [0.15, 0.2) is 12.1 Å². The highest BCUT2D eigenvalue weighted by atomic mass is 16.3. The minimum atomic E-state index is 0.217. The normalized spacial score (nSPS) is 11.1. The molecular formula is C15H22N4O. The number of hydrogen-bond donors (Lipinski definition) is 2. The topological polar surface area (TPSA) is 63.0 Å². The SMILES string of the molecule is Cc1ccc(O)c(CNc2c(C)nn(C(C)C)c2C)n1. The van der Waals surface area contributed by atoms with E-state index in [1.165, 1.54) is 0 Å². The van der Waals surface area contributed by atoms with Gasteiger partial charge >= 0.3 is 0 Å². The molecule has 2 rings (SSSR count). The highest BCUT2D eigenvalue weighted by molar-refractivity contribution is 5.52. The van der Waals surface area contributed by atoms with Crippen molar-refractivity contribution in [3.05, 3.63) is 34.9 Å². The molecule has 0 fully saturated rings. The van der Waals surface area contributed by atoms with E-state index in [2.05, 4.69) is 29.2 Å². The van der Waals surface area contributed by atoms with Gasteiger partial charge in [0.1, 0.15) is 11.4 Å². The number of aromatic hydroxyl groups is 1. The fourth-order valence-electron chi connectivity index (χ4n) is 2.33. The summed E-state index contributed by atoms with van der Waals surface area (Å²) in [5.74, 6) is 0.217. The molecule has 2 heterocycles. The molecule has 0 saturated carbocycles. The van der Waals surface area contributed by atoms with E-state index >= 15 is 0 Å². The number of pyridine rings is 1. The van der Waals surface area contributed by atoms with Crippen LogP contribution in [0, 0.1) is 20.8 Å². The minimum absolute atomic E-state index is 0.217. The van der Waals surface area contributed by atoms with Crippen LogP contribution in [-0.2, 0) is 6.54 Å². The van der Waals surface area contributed by atoms with E-state index in [-0.39, 0.29) is 5.75 Å². The van der Waals surface area contributed by atoms with Crippen LogP contribution in [0.25, 0.3) is 0 Å². The van der Waals surface area contributed by atoms with Gasteiger partial charge in [-0.3, -0.25) is 9.67 Å². The third-order valence-corrected chi connectivity index (χ3v) is 3.34. The molecule has 20 heavy (non-hydrogen) atoms. The lowest BCUT2D eigenvalue weighted by atomic mass is 10.2. The lowest BCUT2D eigenvalue weighted by Gasteiger charge is -2.10. The second-order valence-electron chi connectivity index (χ2n) is 5.36. The molecule has 0 bridgehead atoms. The Morgan fingerprint density at radius 1 is 1.25 bits per heavy atom. The Kier molecular flexibility index (Phi) is 3.97. The molecule has 0 radical (unpaired) electrons. The van der Waals surface area contributed by atoms with Crippen molar-refractivity contribution >= 4 is 5.69 Å². The highest BCUT2D eigenvalue weighted by Crippen LogP contribution is 2.24. The molecule has 2 aromatic heterocycles. The number of aryl methyl sites for hydroxylation is 2. The van der Waals surface area contributed by atoms with Crippen molar-refractivity contribution in [2.24, 2.45) is 0 Å². The molecule has 2 aromatic rings. The second-order valence-corrected chi connectivity index (χ2v) is 5.36. The molecule has 5 heteroatoms. The van der Waals surface area contributed by atoms with Gasteiger partial charge in [0.15, 0.2) is 0 Å². The lowest BCUT2D eigenvalue weighted by molar-refractivity contribution is 0.464. The van der Waals surface area contributed by atoms with Crippen LogP contribution in [0.1, 0.15) is 42.7 Å². The third-order valence-electron chi connectivity index (χ3n) is 3.34. The summed E-state index contributed by atoms with van der Waals surface area (Å²) in [5, 5.41) is 17.7. The van der Waals surface area contributed by atoms with Crippen LogP contribution >= 0.6 is 0 Å². The van der Waals surface area contributed by atoms with E-state index in [0.717, 1.165) is 22.8 Å². The summed E-state index contributed by atoms with van der Waals surface area (Å²) >= 11 is 0. The Balaban J connectivity index is 2.21. The van der Waals surface area contributed by atoms with Crippen molar-refractivity contribution in [3.63, 3.8) is 0 Å². The smallest absolute Gasteiger partial charge is 0.138 e. The van der Waals surface area contributed by atoms with Crippen LogP contribution in [0.2, 0.25) is 0 Å². The maximum absolute atomic E-state index is 9.82. The first-order valence-electron chi connectivity index (χ1n) is 6.85. The highest BCUT2D eigenvalue weighted by Gasteiger charge is 2.13. The van der Waals surface area contributed by atoms with Crippen LogP contribution in [-0.4, -0.2) is 19.9 Å². The predicted octanol–water partition coefficient (Wildman–Crippen LogP) is 3.10. The molecule has 0 aliphatic carbocycles. The summed E-state index contributed by atoms with van der Waals surface area (Å²) < 4.78 is 2.00. The van der Waals surface area contributed by atoms with Crippen LogP contribution in [0.4, 0.5) is 5.69 Å². The average Bonchev–Trinajstić information content (AvgIpc) is 2.67. The van der Waals surface area contributed by atoms with Gasteiger partial charge in [-0.1, -0.05) is 0 Å². The molecular weight excluding hydrogens is 252 g/mol. The average molecular weight is 274 g/mol. The van der Waals surface area contributed by atoms with Gasteiger partial charge in [0, 0.05) is 11.7 Å². The molecule has 2 N–H and O–H groups in total. The van der Waals surface area contributed by atoms with Crippen LogP contribution in [0.3, 0.4) is 0 Å². The molecule has 0 aliphatic heterocycles. The lowest BCUT2D eigenvalue weighted by Crippen LogP contribution is -2.07. The second kappa shape index (κ2) is 5.53. The Bertz CT molecular complexity index is 617. The Morgan fingerprint density at radius 2 is 1.95 bits per heavy atom. The maximum atomic E-state index is 9.82. The Morgan fingerprint density at radius 3 is 2.55 bits per heavy atom. The van der Waals surface area contributed by atoms with Gasteiger partial charge in [-0.2, -0.15) is 5.10 Å². The first-order chi connectivity index (χ1) is 9.40. The van der Waals surface area contributed by atoms with Gasteiger partial charge in [0.25, 0.3) is 0 Å². The number of rotatable bonds is 4. The zero-order valence-corrected chi connectivity index (χ0v) is 12.7. The quantitative estimate of drug-likeness (QED) is 0.899. The molecule has 0 aromatic carbocycles. The fraction of sp³-hybridized carbons (Fsp3) is 0.467. The number of anilines is 1. The summed E-state index contributed by atoms with van der Waals surface area (Å²) in [6.07, 6.45) is 0. The molecule has 0 amide bonds. The zero-order valence-electron chi connectivity index (χ0n) is 12.7. The van der Waals surface area contributed by atoms with E-state index in [1.807, 2.05) is 25.5 Å². The van der Waals surface area contributed by atoms with Crippen molar-refractivity contribution in [1.82, 2.24) is 14.8 Å². The van der Waals surface area contributed by atoms with E-state index in [4.69, 9.17) is 0 Å². The minimum Gasteiger partial charge on any atom is -0.506 e. The summed E-state index contributed by atoms with van der Waals surface area (Å²) in [4.78, 5) is 4.35. The summed E-state index contributed by atoms with van der Waals surface area (Å²) in [6.45, 7) is 10.6. The van der Waals surface area contributed by atoms with Gasteiger partial charge in [-0.05, 0) is 46.8 Å². The van der Waals surface area contributed by atoms with Crippen molar-refractivity contribution in [1.29, 1.82) is 0 Å². The monoisotopic (exact) mass is 274 g/mol. The summed E-state index contributed by atoms with van der Waals surface area (Å²) in [5.41, 5.74) is 4.63. The maximum Gasteiger partial charge on any atom is 0.138 e. The standard InChI is InChI=1S/C15H22N4O/c1-9(2)19-12(5)15(11(4)18-19)16-8-13-14(20)7-6-10(3)17-13/h6-7,9,16,20H,8H2,1-5H3. The number of aromatic nitrogens is 3. The van der Waals surface area contributed by atoms with Gasteiger partial charge < -0.3 is 10.4 Å². The zero-order chi connectivity index (χ0) is 14.9. The van der Waals surface area contributed by atoms with Crippen LogP contribution < -0.4 is 5.32 Å². The predicted molar refractivity (Wildman–Crippen MR) is 80.1 cm³/mol. The van der Waals surface area contributed by atoms with Crippen LogP contribution in [0.5, 0.6) is 5.75 Å². The van der Waals surface area contributed by atoms with Gasteiger partial charge in [-0.25, -0.2) is 0 Å². The van der Waals surface area contributed by atoms with E-state index in [1.54, 1.807) is 12.1 Å². The molecule has 5 nitrogen and oxygen atoms in total. The van der Waals surface area contributed by atoms with Gasteiger partial charge in [0.05, 0.1) is 23.6 Å². The molecule has 0 unspecified atom stereocenters. The molecule has 0 spiro atoms. The Labute approximate surface area is 119 Å². The molecule has 108 valence electrons.